The molecule has 5 nitrogen and oxygen atoms in total. The summed E-state index contributed by atoms with van der Waals surface area (Å²) >= 11 is 0. The number of anilines is 1. The van der Waals surface area contributed by atoms with E-state index in [2.05, 4.69) is 10.6 Å². The summed E-state index contributed by atoms with van der Waals surface area (Å²) in [7, 11) is 0. The van der Waals surface area contributed by atoms with Crippen LogP contribution in [0.15, 0.2) is 18.2 Å². The van der Waals surface area contributed by atoms with E-state index in [1.54, 1.807) is 0 Å². The van der Waals surface area contributed by atoms with Gasteiger partial charge in [0, 0.05) is 6.54 Å². The Bertz CT molecular complexity index is 515. The zero-order valence-electron chi connectivity index (χ0n) is 11.8. The number of aromatic carboxylic acids is 1. The molecule has 1 aromatic rings. The second kappa shape index (κ2) is 6.36. The van der Waals surface area contributed by atoms with Crippen LogP contribution in [0.25, 0.3) is 0 Å². The number of urea groups is 1. The Kier molecular flexibility index (Phi) is 5.07. The Labute approximate surface area is 117 Å². The first-order chi connectivity index (χ1) is 9.25. The predicted octanol–water partition coefficient (Wildman–Crippen LogP) is 3.08. The minimum Gasteiger partial charge on any atom is -0.478 e. The summed E-state index contributed by atoms with van der Waals surface area (Å²) in [5.41, 5.74) is -0.300. The van der Waals surface area contributed by atoms with Crippen LogP contribution in [-0.2, 0) is 0 Å². The zero-order chi connectivity index (χ0) is 15.3. The van der Waals surface area contributed by atoms with Gasteiger partial charge in [-0.3, -0.25) is 0 Å². The topological polar surface area (TPSA) is 78.4 Å². The molecule has 0 bridgehead atoms. The van der Waals surface area contributed by atoms with Crippen LogP contribution in [0.5, 0.6) is 0 Å². The van der Waals surface area contributed by atoms with Crippen molar-refractivity contribution in [2.75, 3.05) is 11.9 Å². The highest BCUT2D eigenvalue weighted by Gasteiger charge is 2.17. The largest absolute Gasteiger partial charge is 0.478 e. The lowest BCUT2D eigenvalue weighted by molar-refractivity contribution is 0.0697. The smallest absolute Gasteiger partial charge is 0.335 e. The molecule has 6 heteroatoms. The Hall–Kier alpha value is -2.11. The van der Waals surface area contributed by atoms with Gasteiger partial charge < -0.3 is 15.7 Å². The molecule has 0 aliphatic carbocycles. The van der Waals surface area contributed by atoms with E-state index in [9.17, 15) is 14.0 Å². The fraction of sp³-hybridized carbons (Fsp3) is 0.429. The minimum atomic E-state index is -1.18. The van der Waals surface area contributed by atoms with Crippen molar-refractivity contribution in [2.45, 2.75) is 27.2 Å². The van der Waals surface area contributed by atoms with E-state index in [1.807, 2.05) is 20.8 Å². The highest BCUT2D eigenvalue weighted by atomic mass is 19.1. The number of hydrogen-bond donors (Lipinski definition) is 3. The molecule has 20 heavy (non-hydrogen) atoms. The van der Waals surface area contributed by atoms with Crippen LogP contribution >= 0.6 is 0 Å². The summed E-state index contributed by atoms with van der Waals surface area (Å²) in [6.07, 6.45) is 0.885. The molecular weight excluding hydrogens is 263 g/mol. The highest BCUT2D eigenvalue weighted by molar-refractivity contribution is 5.93. The van der Waals surface area contributed by atoms with Gasteiger partial charge in [-0.1, -0.05) is 20.8 Å². The Morgan fingerprint density at radius 1 is 1.35 bits per heavy atom. The molecule has 0 aliphatic heterocycles. The predicted molar refractivity (Wildman–Crippen MR) is 74.5 cm³/mol. The van der Waals surface area contributed by atoms with Gasteiger partial charge in [0.2, 0.25) is 0 Å². The molecule has 2 amide bonds. The van der Waals surface area contributed by atoms with Crippen LogP contribution in [0.1, 0.15) is 37.6 Å². The van der Waals surface area contributed by atoms with Gasteiger partial charge in [-0.2, -0.15) is 0 Å². The van der Waals surface area contributed by atoms with Crippen LogP contribution < -0.4 is 10.6 Å². The third-order valence-corrected chi connectivity index (χ3v) is 3.15. The molecule has 0 aromatic heterocycles. The lowest BCUT2D eigenvalue weighted by Crippen LogP contribution is -2.36. The van der Waals surface area contributed by atoms with Crippen LogP contribution in [0.3, 0.4) is 0 Å². The summed E-state index contributed by atoms with van der Waals surface area (Å²) in [6.45, 7) is 6.45. The van der Waals surface area contributed by atoms with Crippen LogP contribution in [0.2, 0.25) is 0 Å². The number of carboxylic acid groups (broad SMARTS) is 1. The van der Waals surface area contributed by atoms with E-state index < -0.39 is 17.8 Å². The number of nitrogens with one attached hydrogen (secondary N) is 2. The maximum atomic E-state index is 13.5. The molecule has 0 spiro atoms. The lowest BCUT2D eigenvalue weighted by atomic mass is 9.90. The number of halogens is 1. The fourth-order valence-electron chi connectivity index (χ4n) is 1.37. The van der Waals surface area contributed by atoms with E-state index in [4.69, 9.17) is 5.11 Å². The Balaban J connectivity index is 2.71. The van der Waals surface area contributed by atoms with Gasteiger partial charge in [0.05, 0.1) is 11.3 Å². The first-order valence-electron chi connectivity index (χ1n) is 6.33. The maximum absolute atomic E-state index is 13.5. The van der Waals surface area contributed by atoms with Crippen molar-refractivity contribution in [3.8, 4) is 0 Å². The van der Waals surface area contributed by atoms with Gasteiger partial charge in [0.25, 0.3) is 0 Å². The van der Waals surface area contributed by atoms with Crippen LogP contribution in [-0.4, -0.2) is 23.7 Å². The van der Waals surface area contributed by atoms with Crippen LogP contribution in [0.4, 0.5) is 14.9 Å². The van der Waals surface area contributed by atoms with Crippen molar-refractivity contribution in [3.63, 3.8) is 0 Å². The number of carboxylic acids is 1. The SMILES string of the molecule is CCC(C)(C)CNC(=O)Nc1cc(C(=O)O)ccc1F. The lowest BCUT2D eigenvalue weighted by Gasteiger charge is -2.22. The maximum Gasteiger partial charge on any atom is 0.335 e. The summed E-state index contributed by atoms with van der Waals surface area (Å²) in [5, 5.41) is 13.8. The number of hydrogen-bond acceptors (Lipinski definition) is 2. The van der Waals surface area contributed by atoms with E-state index in [0.29, 0.717) is 6.54 Å². The first-order valence-corrected chi connectivity index (χ1v) is 6.33. The van der Waals surface area contributed by atoms with E-state index in [1.165, 1.54) is 0 Å². The molecule has 0 atom stereocenters. The molecule has 0 heterocycles. The zero-order valence-corrected chi connectivity index (χ0v) is 11.8. The molecule has 110 valence electrons. The van der Waals surface area contributed by atoms with Gasteiger partial charge in [0.15, 0.2) is 0 Å². The van der Waals surface area contributed by atoms with Gasteiger partial charge in [-0.25, -0.2) is 14.0 Å². The van der Waals surface area contributed by atoms with Gasteiger partial charge in [-0.05, 0) is 30.0 Å². The number of carbonyl (C=O) groups is 2. The van der Waals surface area contributed by atoms with Crippen molar-refractivity contribution in [2.24, 2.45) is 5.41 Å². The van der Waals surface area contributed by atoms with Crippen LogP contribution in [0, 0.1) is 11.2 Å². The molecule has 0 fully saturated rings. The molecule has 0 saturated carbocycles. The quantitative estimate of drug-likeness (QED) is 0.776. The monoisotopic (exact) mass is 282 g/mol. The third-order valence-electron chi connectivity index (χ3n) is 3.15. The molecule has 3 N–H and O–H groups in total. The molecule has 0 aliphatic rings. The van der Waals surface area contributed by atoms with Crippen molar-refractivity contribution >= 4 is 17.7 Å². The minimum absolute atomic E-state index is 0.0567. The van der Waals surface area contributed by atoms with Crippen molar-refractivity contribution in [1.29, 1.82) is 0 Å². The fourth-order valence-corrected chi connectivity index (χ4v) is 1.37. The first kappa shape index (κ1) is 15.9. The Morgan fingerprint density at radius 3 is 2.55 bits per heavy atom. The van der Waals surface area contributed by atoms with Gasteiger partial charge >= 0.3 is 12.0 Å². The summed E-state index contributed by atoms with van der Waals surface area (Å²) in [6, 6.07) is 2.67. The average Bonchev–Trinajstić information content (AvgIpc) is 2.39. The standard InChI is InChI=1S/C14H19FN2O3/c1-4-14(2,3)8-16-13(20)17-11-7-9(12(18)19)5-6-10(11)15/h5-7H,4,8H2,1-3H3,(H,18,19)(H2,16,17,20). The molecule has 0 saturated heterocycles. The number of carbonyl (C=O) groups excluding carboxylic acids is 1. The van der Waals surface area contributed by atoms with E-state index >= 15 is 0 Å². The Morgan fingerprint density at radius 2 is 2.00 bits per heavy atom. The highest BCUT2D eigenvalue weighted by Crippen LogP contribution is 2.18. The molecule has 0 unspecified atom stereocenters. The normalized spacial score (nSPS) is 11.0. The molecular formula is C14H19FN2O3. The number of amides is 2. The van der Waals surface area contributed by atoms with Crippen molar-refractivity contribution in [1.82, 2.24) is 5.32 Å². The van der Waals surface area contributed by atoms with E-state index in [-0.39, 0.29) is 16.7 Å². The molecule has 0 radical (unpaired) electrons. The van der Waals surface area contributed by atoms with Gasteiger partial charge in [-0.15, -0.1) is 0 Å². The number of rotatable bonds is 5. The summed E-state index contributed by atoms with van der Waals surface area (Å²) in [4.78, 5) is 22.5. The summed E-state index contributed by atoms with van der Waals surface area (Å²) < 4.78 is 13.5. The van der Waals surface area contributed by atoms with Gasteiger partial charge in [0.1, 0.15) is 5.82 Å². The van der Waals surface area contributed by atoms with Crippen molar-refractivity contribution in [3.05, 3.63) is 29.6 Å². The second-order valence-electron chi connectivity index (χ2n) is 5.33. The van der Waals surface area contributed by atoms with E-state index in [0.717, 1.165) is 24.6 Å². The van der Waals surface area contributed by atoms with Crippen molar-refractivity contribution < 1.29 is 19.1 Å². The number of benzene rings is 1. The third kappa shape index (κ3) is 4.53. The summed E-state index contributed by atoms with van der Waals surface area (Å²) in [5.74, 6) is -1.86. The second-order valence-corrected chi connectivity index (χ2v) is 5.33. The molecule has 1 rings (SSSR count). The average molecular weight is 282 g/mol. The molecule has 1 aromatic carbocycles.